The Hall–Kier alpha value is -1.48. The summed E-state index contributed by atoms with van der Waals surface area (Å²) in [5.74, 6) is 0.126. The first-order chi connectivity index (χ1) is 16.9. The van der Waals surface area contributed by atoms with Crippen LogP contribution >= 0.6 is 20.2 Å². The Morgan fingerprint density at radius 3 is 2.38 bits per heavy atom. The molecule has 0 saturated carbocycles. The predicted molar refractivity (Wildman–Crippen MR) is 133 cm³/mol. The van der Waals surface area contributed by atoms with Crippen LogP contribution in [0.15, 0.2) is 83.7 Å². The van der Waals surface area contributed by atoms with E-state index in [1.165, 1.54) is 6.07 Å². The summed E-state index contributed by atoms with van der Waals surface area (Å²) in [5.41, 5.74) is 5.18. The largest absolute Gasteiger partial charge is 1.00 e. The SMILES string of the molecule is Cc1ccc(-c2cc(=O)[nH]c3c(-c4ccc(Cl)cc4)c(Cc4ccccc4)nn23)c(OP([O-])[O-])c1.[Na+].[Na+]. The van der Waals surface area contributed by atoms with Gasteiger partial charge in [0.05, 0.1) is 11.4 Å². The van der Waals surface area contributed by atoms with E-state index in [0.29, 0.717) is 28.3 Å². The van der Waals surface area contributed by atoms with Gasteiger partial charge in [-0.3, -0.25) is 4.79 Å². The molecule has 5 aromatic rings. The van der Waals surface area contributed by atoms with Crippen molar-refractivity contribution in [1.29, 1.82) is 0 Å². The van der Waals surface area contributed by atoms with Crippen LogP contribution in [0.4, 0.5) is 0 Å². The van der Waals surface area contributed by atoms with Gasteiger partial charge in [0.1, 0.15) is 11.4 Å². The summed E-state index contributed by atoms with van der Waals surface area (Å²) in [4.78, 5) is 38.5. The third-order valence-electron chi connectivity index (χ3n) is 5.63. The quantitative estimate of drug-likeness (QED) is 0.200. The fraction of sp³-hybridized carbons (Fsp3) is 0.0769. The van der Waals surface area contributed by atoms with E-state index in [-0.39, 0.29) is 70.4 Å². The number of hydrogen-bond acceptors (Lipinski definition) is 5. The van der Waals surface area contributed by atoms with Crippen molar-refractivity contribution in [1.82, 2.24) is 14.6 Å². The van der Waals surface area contributed by atoms with Crippen molar-refractivity contribution in [2.45, 2.75) is 13.3 Å². The number of halogens is 1. The van der Waals surface area contributed by atoms with Crippen LogP contribution in [0.1, 0.15) is 16.8 Å². The van der Waals surface area contributed by atoms with Gasteiger partial charge in [0.25, 0.3) is 5.56 Å². The number of H-pyrrole nitrogens is 1. The van der Waals surface area contributed by atoms with Gasteiger partial charge < -0.3 is 19.3 Å². The first-order valence-electron chi connectivity index (χ1n) is 10.8. The standard InChI is InChI=1S/C26H19ClN3O4P.2Na/c1-16-7-12-20(23(13-16)34-35(32)33)22-15-24(31)28-26-25(18-8-10-19(27)11-9-18)21(29-30(22)26)14-17-5-3-2-4-6-17;;/h2-13,15H,14H2,1H3,(H,28,31);;/q-2;2*+1. The Morgan fingerprint density at radius 1 is 1.00 bits per heavy atom. The van der Waals surface area contributed by atoms with Gasteiger partial charge in [-0.2, -0.15) is 5.10 Å². The molecule has 0 amide bonds. The molecule has 0 unspecified atom stereocenters. The molecular formula is C26H19ClN3Na2O4P. The summed E-state index contributed by atoms with van der Waals surface area (Å²) < 4.78 is 6.71. The third kappa shape index (κ3) is 6.75. The summed E-state index contributed by atoms with van der Waals surface area (Å²) in [6.07, 6.45) is 0.519. The molecule has 176 valence electrons. The van der Waals surface area contributed by atoms with Crippen LogP contribution < -0.4 is 79.0 Å². The second-order valence-electron chi connectivity index (χ2n) is 8.08. The van der Waals surface area contributed by atoms with Crippen LogP contribution in [0.3, 0.4) is 0 Å². The normalized spacial score (nSPS) is 10.7. The number of aromatic amines is 1. The molecule has 2 heterocycles. The molecular weight excluding hydrogens is 531 g/mol. The average Bonchev–Trinajstić information content (AvgIpc) is 3.17. The van der Waals surface area contributed by atoms with Crippen LogP contribution in [-0.2, 0) is 6.42 Å². The Morgan fingerprint density at radius 2 is 1.70 bits per heavy atom. The first kappa shape index (κ1) is 30.1. The second-order valence-corrected chi connectivity index (χ2v) is 9.15. The van der Waals surface area contributed by atoms with E-state index >= 15 is 0 Å². The Labute approximate surface area is 264 Å². The van der Waals surface area contributed by atoms with Crippen molar-refractivity contribution >= 4 is 25.9 Å². The minimum Gasteiger partial charge on any atom is -0.810 e. The molecule has 0 atom stereocenters. The van der Waals surface area contributed by atoms with Crippen molar-refractivity contribution in [3.63, 3.8) is 0 Å². The number of rotatable bonds is 6. The van der Waals surface area contributed by atoms with Gasteiger partial charge in [-0.15, -0.1) is 0 Å². The van der Waals surface area contributed by atoms with E-state index in [2.05, 4.69) is 4.98 Å². The van der Waals surface area contributed by atoms with Crippen LogP contribution in [0.5, 0.6) is 5.75 Å². The van der Waals surface area contributed by atoms with E-state index in [9.17, 15) is 14.6 Å². The summed E-state index contributed by atoms with van der Waals surface area (Å²) >= 11 is 6.12. The molecule has 0 aliphatic heterocycles. The van der Waals surface area contributed by atoms with E-state index in [1.807, 2.05) is 55.5 Å². The van der Waals surface area contributed by atoms with Crippen molar-refractivity contribution in [2.75, 3.05) is 0 Å². The van der Waals surface area contributed by atoms with Gasteiger partial charge in [-0.05, 0) is 47.9 Å². The summed E-state index contributed by atoms with van der Waals surface area (Å²) in [5, 5.41) is 5.47. The summed E-state index contributed by atoms with van der Waals surface area (Å²) in [6, 6.07) is 23.7. The summed E-state index contributed by atoms with van der Waals surface area (Å²) in [7, 11) is -3.15. The average molecular weight is 550 g/mol. The predicted octanol–water partition coefficient (Wildman–Crippen LogP) is -1.76. The maximum absolute atomic E-state index is 12.8. The molecule has 2 aromatic heterocycles. The molecule has 0 saturated heterocycles. The number of nitrogens with zero attached hydrogens (tertiary/aromatic N) is 2. The van der Waals surface area contributed by atoms with E-state index < -0.39 is 8.60 Å². The molecule has 0 bridgehead atoms. The fourth-order valence-electron chi connectivity index (χ4n) is 4.11. The van der Waals surface area contributed by atoms with E-state index in [1.54, 1.807) is 28.8 Å². The minimum absolute atomic E-state index is 0. The molecule has 7 nitrogen and oxygen atoms in total. The molecule has 1 N–H and O–H groups in total. The second kappa shape index (κ2) is 13.0. The summed E-state index contributed by atoms with van der Waals surface area (Å²) in [6.45, 7) is 1.83. The zero-order valence-electron chi connectivity index (χ0n) is 20.6. The molecule has 3 aromatic carbocycles. The van der Waals surface area contributed by atoms with Gasteiger partial charge in [0.15, 0.2) is 0 Å². The fourth-order valence-corrected chi connectivity index (χ4v) is 4.55. The number of nitrogens with one attached hydrogen (secondary N) is 1. The maximum Gasteiger partial charge on any atom is 1.00 e. The molecule has 0 aliphatic carbocycles. The zero-order valence-corrected chi connectivity index (χ0v) is 26.2. The Kier molecular flexibility index (Phi) is 10.6. The van der Waals surface area contributed by atoms with Crippen LogP contribution in [-0.4, -0.2) is 14.6 Å². The number of aryl methyl sites for hydroxylation is 1. The third-order valence-corrected chi connectivity index (χ3v) is 6.23. The first-order valence-corrected chi connectivity index (χ1v) is 12.2. The van der Waals surface area contributed by atoms with Crippen molar-refractivity contribution in [2.24, 2.45) is 0 Å². The number of hydrogen-bond donors (Lipinski definition) is 1. The van der Waals surface area contributed by atoms with Gasteiger partial charge >= 0.3 is 59.1 Å². The van der Waals surface area contributed by atoms with Crippen molar-refractivity contribution < 1.29 is 73.4 Å². The van der Waals surface area contributed by atoms with E-state index in [4.69, 9.17) is 21.2 Å². The molecule has 0 aliphatic rings. The monoisotopic (exact) mass is 549 g/mol. The maximum atomic E-state index is 12.8. The van der Waals surface area contributed by atoms with Gasteiger partial charge in [-0.25, -0.2) is 4.52 Å². The number of benzene rings is 3. The molecule has 11 heteroatoms. The van der Waals surface area contributed by atoms with Crippen molar-refractivity contribution in [3.8, 4) is 28.1 Å². The molecule has 0 fully saturated rings. The number of aromatic nitrogens is 3. The molecule has 0 spiro atoms. The topological polar surface area (TPSA) is 106 Å². The zero-order chi connectivity index (χ0) is 24.5. The minimum atomic E-state index is -3.15. The van der Waals surface area contributed by atoms with Crippen LogP contribution in [0.2, 0.25) is 5.02 Å². The van der Waals surface area contributed by atoms with Gasteiger partial charge in [0.2, 0.25) is 0 Å². The smallest absolute Gasteiger partial charge is 0.810 e. The van der Waals surface area contributed by atoms with Crippen LogP contribution in [0, 0.1) is 6.92 Å². The van der Waals surface area contributed by atoms with E-state index in [0.717, 1.165) is 27.9 Å². The van der Waals surface area contributed by atoms with Gasteiger partial charge in [-0.1, -0.05) is 68.7 Å². The molecule has 37 heavy (non-hydrogen) atoms. The Balaban J connectivity index is 0.00000190. The Bertz CT molecular complexity index is 1580. The molecule has 5 rings (SSSR count). The molecule has 0 radical (unpaired) electrons. The van der Waals surface area contributed by atoms with Crippen LogP contribution in [0.25, 0.3) is 28.0 Å². The van der Waals surface area contributed by atoms with Gasteiger partial charge in [0, 0.05) is 28.6 Å². The number of fused-ring (bicyclic) bond motifs is 1. The van der Waals surface area contributed by atoms with Crippen molar-refractivity contribution in [3.05, 3.63) is 111 Å².